The van der Waals surface area contributed by atoms with E-state index < -0.39 is 5.76 Å². The molecule has 0 bridgehead atoms. The molecular weight excluding hydrogens is 391 g/mol. The van der Waals surface area contributed by atoms with Crippen molar-refractivity contribution in [1.82, 2.24) is 9.80 Å². The fraction of sp³-hybridized carbons (Fsp3) is 0.421. The summed E-state index contributed by atoms with van der Waals surface area (Å²) in [6.07, 6.45) is 1.75. The molecule has 0 atom stereocenters. The van der Waals surface area contributed by atoms with Crippen molar-refractivity contribution in [3.63, 3.8) is 0 Å². The maximum atomic E-state index is 12.3. The number of Topliss-reactive ketones (excluding diaryl/α,β-unsaturated/α-hetero) is 2. The Bertz CT molecular complexity index is 832. The van der Waals surface area contributed by atoms with Gasteiger partial charge in [0.15, 0.2) is 11.6 Å². The Morgan fingerprint density at radius 2 is 1.74 bits per heavy atom. The normalized spacial score (nSPS) is 18.3. The molecule has 8 heteroatoms. The molecule has 2 amide bonds. The SMILES string of the molecule is CN1CCCN(Cc2c(Cl)ccc(C(O)=C3C(=O)CCCC3=O)c2Cl)C1=O. The number of amides is 2. The van der Waals surface area contributed by atoms with E-state index in [1.807, 2.05) is 0 Å². The maximum absolute atomic E-state index is 12.3. The molecule has 1 saturated carbocycles. The van der Waals surface area contributed by atoms with Gasteiger partial charge >= 0.3 is 6.03 Å². The Kier molecular flexibility index (Phi) is 5.77. The molecule has 1 aliphatic heterocycles. The van der Waals surface area contributed by atoms with E-state index >= 15 is 0 Å². The van der Waals surface area contributed by atoms with Gasteiger partial charge in [-0.05, 0) is 25.0 Å². The average molecular weight is 411 g/mol. The van der Waals surface area contributed by atoms with Crippen LogP contribution in [0, 0.1) is 0 Å². The van der Waals surface area contributed by atoms with Crippen LogP contribution in [-0.4, -0.2) is 52.6 Å². The average Bonchev–Trinajstić information content (AvgIpc) is 2.61. The Morgan fingerprint density at radius 1 is 1.07 bits per heavy atom. The van der Waals surface area contributed by atoms with Crippen molar-refractivity contribution >= 4 is 46.6 Å². The fourth-order valence-electron chi connectivity index (χ4n) is 3.41. The van der Waals surface area contributed by atoms with Crippen molar-refractivity contribution < 1.29 is 19.5 Å². The number of halogens is 2. The number of aliphatic hydroxyl groups is 1. The summed E-state index contributed by atoms with van der Waals surface area (Å²) < 4.78 is 0. The summed E-state index contributed by atoms with van der Waals surface area (Å²) in [6, 6.07) is 2.90. The van der Waals surface area contributed by atoms with Crippen LogP contribution < -0.4 is 0 Å². The van der Waals surface area contributed by atoms with Crippen LogP contribution in [0.3, 0.4) is 0 Å². The number of aliphatic hydroxyl groups excluding tert-OH is 1. The van der Waals surface area contributed by atoms with Crippen LogP contribution >= 0.6 is 23.2 Å². The van der Waals surface area contributed by atoms with Crippen molar-refractivity contribution in [2.45, 2.75) is 32.2 Å². The second kappa shape index (κ2) is 7.90. The van der Waals surface area contributed by atoms with E-state index in [4.69, 9.17) is 23.2 Å². The minimum Gasteiger partial charge on any atom is -0.506 e. The topological polar surface area (TPSA) is 77.9 Å². The van der Waals surface area contributed by atoms with E-state index in [0.29, 0.717) is 30.1 Å². The van der Waals surface area contributed by atoms with Crippen LogP contribution in [0.15, 0.2) is 17.7 Å². The number of rotatable bonds is 3. The molecule has 0 unspecified atom stereocenters. The predicted octanol–water partition coefficient (Wildman–Crippen LogP) is 3.84. The van der Waals surface area contributed by atoms with Gasteiger partial charge in [0.1, 0.15) is 11.3 Å². The fourth-order valence-corrected chi connectivity index (χ4v) is 3.99. The molecule has 1 aromatic rings. The van der Waals surface area contributed by atoms with Gasteiger partial charge in [0.2, 0.25) is 0 Å². The zero-order chi connectivity index (χ0) is 19.7. The molecule has 1 aromatic carbocycles. The summed E-state index contributed by atoms with van der Waals surface area (Å²) in [5.74, 6) is -1.19. The van der Waals surface area contributed by atoms with Crippen LogP contribution in [-0.2, 0) is 16.1 Å². The first-order valence-electron chi connectivity index (χ1n) is 8.78. The van der Waals surface area contributed by atoms with Crippen molar-refractivity contribution in [2.75, 3.05) is 20.1 Å². The number of benzene rings is 1. The minimum atomic E-state index is -0.422. The molecule has 1 aliphatic carbocycles. The smallest absolute Gasteiger partial charge is 0.320 e. The molecular formula is C19H20Cl2N2O4. The zero-order valence-corrected chi connectivity index (χ0v) is 16.4. The van der Waals surface area contributed by atoms with Gasteiger partial charge in [0.25, 0.3) is 0 Å². The zero-order valence-electron chi connectivity index (χ0n) is 14.9. The van der Waals surface area contributed by atoms with Crippen molar-refractivity contribution in [1.29, 1.82) is 0 Å². The highest BCUT2D eigenvalue weighted by molar-refractivity contribution is 6.37. The first-order chi connectivity index (χ1) is 12.8. The summed E-state index contributed by atoms with van der Waals surface area (Å²) in [5.41, 5.74) is 0.444. The Labute approximate surface area is 167 Å². The second-order valence-electron chi connectivity index (χ2n) is 6.79. The van der Waals surface area contributed by atoms with Crippen molar-refractivity contribution in [3.05, 3.63) is 38.9 Å². The molecule has 1 heterocycles. The summed E-state index contributed by atoms with van der Waals surface area (Å²) in [6.45, 7) is 1.44. The summed E-state index contributed by atoms with van der Waals surface area (Å²) in [4.78, 5) is 39.8. The lowest BCUT2D eigenvalue weighted by Crippen LogP contribution is -2.46. The molecule has 2 fully saturated rings. The number of hydrogen-bond acceptors (Lipinski definition) is 4. The standard InChI is InChI=1S/C19H20Cl2N2O4/c1-22-8-3-9-23(19(22)27)10-12-13(20)7-6-11(17(12)21)18(26)16-14(24)4-2-5-15(16)25/h6-7,26H,2-5,8-10H2,1H3. The van der Waals surface area contributed by atoms with Gasteiger partial charge in [-0.3, -0.25) is 9.59 Å². The number of ketones is 2. The molecule has 1 N–H and O–H groups in total. The van der Waals surface area contributed by atoms with E-state index in [0.717, 1.165) is 6.42 Å². The summed E-state index contributed by atoms with van der Waals surface area (Å²) in [5, 5.41) is 11.1. The van der Waals surface area contributed by atoms with E-state index in [1.165, 1.54) is 6.07 Å². The van der Waals surface area contributed by atoms with Crippen molar-refractivity contribution in [3.8, 4) is 0 Å². The van der Waals surface area contributed by atoms with Gasteiger partial charge in [-0.15, -0.1) is 0 Å². The van der Waals surface area contributed by atoms with Crippen LogP contribution in [0.2, 0.25) is 10.0 Å². The molecule has 27 heavy (non-hydrogen) atoms. The number of allylic oxidation sites excluding steroid dienone is 1. The second-order valence-corrected chi connectivity index (χ2v) is 7.58. The quantitative estimate of drug-likeness (QED) is 0.466. The molecule has 144 valence electrons. The third-order valence-electron chi connectivity index (χ3n) is 4.91. The highest BCUT2D eigenvalue weighted by Gasteiger charge is 2.30. The third-order valence-corrected chi connectivity index (χ3v) is 5.70. The molecule has 6 nitrogen and oxygen atoms in total. The van der Waals surface area contributed by atoms with E-state index in [2.05, 4.69) is 0 Å². The molecule has 0 spiro atoms. The molecule has 3 rings (SSSR count). The van der Waals surface area contributed by atoms with Gasteiger partial charge in [-0.1, -0.05) is 23.2 Å². The Balaban J connectivity index is 2.00. The van der Waals surface area contributed by atoms with E-state index in [-0.39, 0.29) is 53.1 Å². The van der Waals surface area contributed by atoms with E-state index in [1.54, 1.807) is 22.9 Å². The van der Waals surface area contributed by atoms with Crippen LogP contribution in [0.4, 0.5) is 4.79 Å². The van der Waals surface area contributed by atoms with Crippen LogP contribution in [0.1, 0.15) is 36.8 Å². The predicted molar refractivity (Wildman–Crippen MR) is 103 cm³/mol. The number of nitrogens with zero attached hydrogens (tertiary/aromatic N) is 2. The Morgan fingerprint density at radius 3 is 2.41 bits per heavy atom. The van der Waals surface area contributed by atoms with Gasteiger partial charge < -0.3 is 14.9 Å². The lowest BCUT2D eigenvalue weighted by atomic mass is 9.89. The van der Waals surface area contributed by atoms with E-state index in [9.17, 15) is 19.5 Å². The summed E-state index contributed by atoms with van der Waals surface area (Å²) in [7, 11) is 1.73. The number of hydrogen-bond donors (Lipinski definition) is 1. The third kappa shape index (κ3) is 3.82. The van der Waals surface area contributed by atoms with Crippen molar-refractivity contribution in [2.24, 2.45) is 0 Å². The number of carbonyl (C=O) groups excluding carboxylic acids is 3. The highest BCUT2D eigenvalue weighted by atomic mass is 35.5. The lowest BCUT2D eigenvalue weighted by molar-refractivity contribution is -0.123. The van der Waals surface area contributed by atoms with Gasteiger partial charge in [-0.2, -0.15) is 0 Å². The Hall–Kier alpha value is -2.05. The largest absolute Gasteiger partial charge is 0.506 e. The van der Waals surface area contributed by atoms with Gasteiger partial charge in [-0.25, -0.2) is 4.79 Å². The van der Waals surface area contributed by atoms with Crippen LogP contribution in [0.25, 0.3) is 5.76 Å². The minimum absolute atomic E-state index is 0.126. The molecule has 1 saturated heterocycles. The maximum Gasteiger partial charge on any atom is 0.320 e. The lowest BCUT2D eigenvalue weighted by Gasteiger charge is -2.33. The molecule has 0 radical (unpaired) electrons. The highest BCUT2D eigenvalue weighted by Crippen LogP contribution is 2.35. The monoisotopic (exact) mass is 410 g/mol. The number of urea groups is 1. The van der Waals surface area contributed by atoms with Gasteiger partial charge in [0.05, 0.1) is 11.6 Å². The molecule has 0 aromatic heterocycles. The molecule has 2 aliphatic rings. The first-order valence-corrected chi connectivity index (χ1v) is 9.53. The number of carbonyl (C=O) groups is 3. The van der Waals surface area contributed by atoms with Gasteiger partial charge in [0, 0.05) is 49.1 Å². The summed E-state index contributed by atoms with van der Waals surface area (Å²) >= 11 is 12.8. The van der Waals surface area contributed by atoms with Crippen LogP contribution in [0.5, 0.6) is 0 Å². The first kappa shape index (κ1) is 19.7.